The highest BCUT2D eigenvalue weighted by Crippen LogP contribution is 2.37. The summed E-state index contributed by atoms with van der Waals surface area (Å²) in [6.07, 6.45) is 3.14. The number of anilines is 1. The lowest BCUT2D eigenvalue weighted by molar-refractivity contribution is 0.0398. The van der Waals surface area contributed by atoms with E-state index < -0.39 is 5.66 Å². The summed E-state index contributed by atoms with van der Waals surface area (Å²) in [7, 11) is 0. The van der Waals surface area contributed by atoms with Crippen LogP contribution in [0.3, 0.4) is 0 Å². The third kappa shape index (κ3) is 2.45. The van der Waals surface area contributed by atoms with Gasteiger partial charge in [0.25, 0.3) is 5.91 Å². The number of hydrogen-bond donors (Lipinski definition) is 1. The number of nitrogens with one attached hydrogen (secondary N) is 1. The highest BCUT2D eigenvalue weighted by Gasteiger charge is 2.49. The molecular weight excluding hydrogens is 312 g/mol. The molecule has 0 aliphatic carbocycles. The van der Waals surface area contributed by atoms with E-state index in [0.29, 0.717) is 0 Å². The molecule has 4 rings (SSSR count). The normalized spacial score (nSPS) is 22.0. The van der Waals surface area contributed by atoms with Crippen LogP contribution in [0, 0.1) is 0 Å². The fraction of sp³-hybridized carbons (Fsp3) is 0.450. The molecule has 0 bridgehead atoms. The zero-order valence-corrected chi connectivity index (χ0v) is 15.0. The first kappa shape index (κ1) is 16.2. The molecular formula is C20H26N4O. The summed E-state index contributed by atoms with van der Waals surface area (Å²) in [5.41, 5.74) is 2.77. The van der Waals surface area contributed by atoms with Crippen molar-refractivity contribution in [2.75, 3.05) is 31.1 Å². The van der Waals surface area contributed by atoms with E-state index in [4.69, 9.17) is 0 Å². The molecule has 25 heavy (non-hydrogen) atoms. The molecule has 2 aliphatic rings. The van der Waals surface area contributed by atoms with Gasteiger partial charge >= 0.3 is 0 Å². The molecule has 0 saturated carbocycles. The molecule has 5 nitrogen and oxygen atoms in total. The van der Waals surface area contributed by atoms with E-state index in [-0.39, 0.29) is 5.91 Å². The lowest BCUT2D eigenvalue weighted by atomic mass is 9.95. The SMILES string of the molecule is CCCN(CC)c1ccc(C23Cn4cccc4C(=O)N2CCN3)cc1. The summed E-state index contributed by atoms with van der Waals surface area (Å²) in [6, 6.07) is 12.6. The fourth-order valence-electron chi connectivity index (χ4n) is 4.24. The first-order valence-electron chi connectivity index (χ1n) is 9.27. The maximum absolute atomic E-state index is 12.9. The number of nitrogens with zero attached hydrogens (tertiary/aromatic N) is 3. The summed E-state index contributed by atoms with van der Waals surface area (Å²) in [6.45, 7) is 8.81. The summed E-state index contributed by atoms with van der Waals surface area (Å²) in [5, 5.41) is 3.61. The Morgan fingerprint density at radius 1 is 1.20 bits per heavy atom. The van der Waals surface area contributed by atoms with Gasteiger partial charge in [-0.15, -0.1) is 0 Å². The van der Waals surface area contributed by atoms with Gasteiger partial charge in [-0.2, -0.15) is 0 Å². The molecule has 1 fully saturated rings. The van der Waals surface area contributed by atoms with Gasteiger partial charge in [0.1, 0.15) is 11.4 Å². The molecule has 132 valence electrons. The van der Waals surface area contributed by atoms with Gasteiger partial charge in [-0.05, 0) is 43.2 Å². The van der Waals surface area contributed by atoms with Crippen molar-refractivity contribution in [3.8, 4) is 0 Å². The minimum atomic E-state index is -0.427. The van der Waals surface area contributed by atoms with Crippen molar-refractivity contribution in [3.05, 3.63) is 53.9 Å². The van der Waals surface area contributed by atoms with Gasteiger partial charge in [0.15, 0.2) is 0 Å². The van der Waals surface area contributed by atoms with Gasteiger partial charge in [-0.25, -0.2) is 0 Å². The molecule has 2 aliphatic heterocycles. The number of amides is 1. The van der Waals surface area contributed by atoms with E-state index in [9.17, 15) is 4.79 Å². The molecule has 1 amide bonds. The minimum Gasteiger partial charge on any atom is -0.372 e. The van der Waals surface area contributed by atoms with E-state index in [0.717, 1.165) is 50.4 Å². The molecule has 1 unspecified atom stereocenters. The molecule has 3 heterocycles. The van der Waals surface area contributed by atoms with Crippen LogP contribution in [0.25, 0.3) is 0 Å². The first-order chi connectivity index (χ1) is 12.2. The lowest BCUT2D eigenvalue weighted by Gasteiger charge is -2.43. The van der Waals surface area contributed by atoms with Crippen LogP contribution in [0.5, 0.6) is 0 Å². The van der Waals surface area contributed by atoms with Crippen molar-refractivity contribution in [1.29, 1.82) is 0 Å². The summed E-state index contributed by atoms with van der Waals surface area (Å²) >= 11 is 0. The Morgan fingerprint density at radius 2 is 2.00 bits per heavy atom. The van der Waals surface area contributed by atoms with E-state index in [1.165, 1.54) is 5.69 Å². The predicted octanol–water partition coefficient (Wildman–Crippen LogP) is 2.64. The third-order valence-corrected chi connectivity index (χ3v) is 5.49. The van der Waals surface area contributed by atoms with Crippen LogP contribution in [0.15, 0.2) is 42.6 Å². The fourth-order valence-corrected chi connectivity index (χ4v) is 4.24. The van der Waals surface area contributed by atoms with Crippen LogP contribution in [0.4, 0.5) is 5.69 Å². The quantitative estimate of drug-likeness (QED) is 0.911. The smallest absolute Gasteiger partial charge is 0.272 e. The van der Waals surface area contributed by atoms with Gasteiger partial charge in [-0.1, -0.05) is 19.1 Å². The topological polar surface area (TPSA) is 40.5 Å². The van der Waals surface area contributed by atoms with Crippen molar-refractivity contribution in [2.24, 2.45) is 0 Å². The van der Waals surface area contributed by atoms with Crippen molar-refractivity contribution in [3.63, 3.8) is 0 Å². The Labute approximate surface area is 149 Å². The summed E-state index contributed by atoms with van der Waals surface area (Å²) < 4.78 is 2.07. The van der Waals surface area contributed by atoms with Crippen molar-refractivity contribution >= 4 is 11.6 Å². The monoisotopic (exact) mass is 338 g/mol. The maximum Gasteiger partial charge on any atom is 0.272 e. The maximum atomic E-state index is 12.9. The van der Waals surface area contributed by atoms with Crippen LogP contribution in [0.1, 0.15) is 36.3 Å². The Morgan fingerprint density at radius 3 is 2.72 bits per heavy atom. The second-order valence-electron chi connectivity index (χ2n) is 6.89. The van der Waals surface area contributed by atoms with Crippen LogP contribution in [-0.2, 0) is 12.2 Å². The number of carbonyl (C=O) groups is 1. The first-order valence-corrected chi connectivity index (χ1v) is 9.27. The summed E-state index contributed by atoms with van der Waals surface area (Å²) in [4.78, 5) is 17.3. The Kier molecular flexibility index (Phi) is 4.04. The van der Waals surface area contributed by atoms with Crippen molar-refractivity contribution < 1.29 is 4.79 Å². The molecule has 2 aromatic rings. The highest BCUT2D eigenvalue weighted by atomic mass is 16.2. The van der Waals surface area contributed by atoms with E-state index in [1.807, 2.05) is 23.2 Å². The molecule has 1 aromatic heterocycles. The average molecular weight is 338 g/mol. The number of benzene rings is 1. The van der Waals surface area contributed by atoms with Gasteiger partial charge in [0, 0.05) is 38.1 Å². The lowest BCUT2D eigenvalue weighted by Crippen LogP contribution is -2.57. The largest absolute Gasteiger partial charge is 0.372 e. The third-order valence-electron chi connectivity index (χ3n) is 5.49. The Hall–Kier alpha value is -2.27. The van der Waals surface area contributed by atoms with Crippen LogP contribution >= 0.6 is 0 Å². The predicted molar refractivity (Wildman–Crippen MR) is 99.8 cm³/mol. The van der Waals surface area contributed by atoms with E-state index in [2.05, 4.69) is 52.9 Å². The molecule has 0 spiro atoms. The molecule has 1 aromatic carbocycles. The van der Waals surface area contributed by atoms with Crippen LogP contribution in [0.2, 0.25) is 0 Å². The number of rotatable bonds is 5. The second-order valence-corrected chi connectivity index (χ2v) is 6.89. The average Bonchev–Trinajstić information content (AvgIpc) is 3.28. The molecule has 1 atom stereocenters. The van der Waals surface area contributed by atoms with E-state index in [1.54, 1.807) is 0 Å². The van der Waals surface area contributed by atoms with Crippen molar-refractivity contribution in [1.82, 2.24) is 14.8 Å². The number of hydrogen-bond acceptors (Lipinski definition) is 3. The molecule has 1 saturated heterocycles. The van der Waals surface area contributed by atoms with Crippen molar-refractivity contribution in [2.45, 2.75) is 32.5 Å². The standard InChI is InChI=1S/C20H26N4O/c1-3-12-22(4-2)17-9-7-16(8-10-17)20-15-23-13-5-6-18(23)19(25)24(20)14-11-21-20/h5-10,13,21H,3-4,11-12,14-15H2,1-2H3. The zero-order valence-electron chi connectivity index (χ0n) is 15.0. The molecule has 0 radical (unpaired) electrons. The van der Waals surface area contributed by atoms with Crippen LogP contribution < -0.4 is 10.2 Å². The second kappa shape index (κ2) is 6.23. The summed E-state index contributed by atoms with van der Waals surface area (Å²) in [5.74, 6) is 0.117. The number of carbonyl (C=O) groups excluding carboxylic acids is 1. The molecule has 5 heteroatoms. The zero-order chi connectivity index (χ0) is 17.4. The van der Waals surface area contributed by atoms with E-state index >= 15 is 0 Å². The Balaban J connectivity index is 1.70. The van der Waals surface area contributed by atoms with Gasteiger partial charge < -0.3 is 14.4 Å². The highest BCUT2D eigenvalue weighted by molar-refractivity contribution is 5.94. The number of aromatic nitrogens is 1. The minimum absolute atomic E-state index is 0.117. The van der Waals surface area contributed by atoms with Gasteiger partial charge in [0.2, 0.25) is 0 Å². The molecule has 1 N–H and O–H groups in total. The van der Waals surface area contributed by atoms with Gasteiger partial charge in [-0.3, -0.25) is 10.1 Å². The van der Waals surface area contributed by atoms with Crippen LogP contribution in [-0.4, -0.2) is 41.6 Å². The number of fused-ring (bicyclic) bond motifs is 2. The Bertz CT molecular complexity index is 766. The van der Waals surface area contributed by atoms with Gasteiger partial charge in [0.05, 0.1) is 6.54 Å².